The molecule has 0 radical (unpaired) electrons. The zero-order valence-corrected chi connectivity index (χ0v) is 18.9. The topological polar surface area (TPSA) is 141 Å². The van der Waals surface area contributed by atoms with Gasteiger partial charge >= 0.3 is 5.97 Å². The number of ether oxygens (including phenoxy) is 1. The molecule has 0 bridgehead atoms. The lowest BCUT2D eigenvalue weighted by Crippen LogP contribution is -2.28. The van der Waals surface area contributed by atoms with E-state index in [2.05, 4.69) is 26.2 Å². The van der Waals surface area contributed by atoms with E-state index < -0.39 is 24.4 Å². The highest BCUT2D eigenvalue weighted by atomic mass is 35.5. The highest BCUT2D eigenvalue weighted by molar-refractivity contribution is 6.30. The zero-order chi connectivity index (χ0) is 24.6. The van der Waals surface area contributed by atoms with Crippen molar-refractivity contribution in [1.82, 2.24) is 25.5 Å². The number of esters is 1. The standard InChI is InChI=1S/C23H19ClN6O5/c24-16-7-5-15(6-8-16)20-10-9-17(35-20)11-25-22(32)13-34-23(33)18-3-1-2-4-19(18)27-21(31)12-30-14-26-28-29-30/h1-10,14H,11-13H2,(H,25,32)(H,27,31). The molecule has 0 unspecified atom stereocenters. The first-order valence-corrected chi connectivity index (χ1v) is 10.7. The fraction of sp³-hybridized carbons (Fsp3) is 0.130. The van der Waals surface area contributed by atoms with Crippen LogP contribution in [0, 0.1) is 0 Å². The number of nitrogens with one attached hydrogen (secondary N) is 2. The summed E-state index contributed by atoms with van der Waals surface area (Å²) in [6, 6.07) is 17.0. The molecule has 2 aromatic heterocycles. The van der Waals surface area contributed by atoms with Gasteiger partial charge in [-0.05, 0) is 59.0 Å². The van der Waals surface area contributed by atoms with Crippen molar-refractivity contribution in [2.45, 2.75) is 13.1 Å². The molecule has 2 amide bonds. The third-order valence-electron chi connectivity index (χ3n) is 4.70. The van der Waals surface area contributed by atoms with Crippen LogP contribution in [0.2, 0.25) is 5.02 Å². The summed E-state index contributed by atoms with van der Waals surface area (Å²) >= 11 is 5.90. The van der Waals surface area contributed by atoms with Crippen molar-refractivity contribution in [3.05, 3.63) is 83.3 Å². The lowest BCUT2D eigenvalue weighted by atomic mass is 10.2. The van der Waals surface area contributed by atoms with Crippen molar-refractivity contribution in [3.8, 4) is 11.3 Å². The van der Waals surface area contributed by atoms with Crippen molar-refractivity contribution in [2.24, 2.45) is 0 Å². The third kappa shape index (κ3) is 6.51. The highest BCUT2D eigenvalue weighted by Gasteiger charge is 2.16. The number of anilines is 1. The first kappa shape index (κ1) is 23.6. The Labute approximate surface area is 204 Å². The lowest BCUT2D eigenvalue weighted by molar-refractivity contribution is -0.124. The number of amides is 2. The first-order valence-electron chi connectivity index (χ1n) is 10.4. The Morgan fingerprint density at radius 3 is 2.57 bits per heavy atom. The van der Waals surface area contributed by atoms with Gasteiger partial charge in [-0.3, -0.25) is 9.59 Å². The van der Waals surface area contributed by atoms with Crippen LogP contribution in [-0.4, -0.2) is 44.6 Å². The van der Waals surface area contributed by atoms with E-state index in [1.807, 2.05) is 12.1 Å². The number of carbonyl (C=O) groups is 3. The second-order valence-corrected chi connectivity index (χ2v) is 7.66. The average molecular weight is 495 g/mol. The summed E-state index contributed by atoms with van der Waals surface area (Å²) in [4.78, 5) is 36.9. The Hall–Kier alpha value is -4.51. The summed E-state index contributed by atoms with van der Waals surface area (Å²) in [6.07, 6.45) is 1.29. The van der Waals surface area contributed by atoms with Gasteiger partial charge in [-0.2, -0.15) is 0 Å². The van der Waals surface area contributed by atoms with Crippen LogP contribution in [0.3, 0.4) is 0 Å². The van der Waals surface area contributed by atoms with Crippen molar-refractivity contribution in [1.29, 1.82) is 0 Å². The van der Waals surface area contributed by atoms with Gasteiger partial charge in [-0.25, -0.2) is 9.48 Å². The van der Waals surface area contributed by atoms with Gasteiger partial charge in [0.2, 0.25) is 5.91 Å². The first-order chi connectivity index (χ1) is 17.0. The predicted molar refractivity (Wildman–Crippen MR) is 124 cm³/mol. The maximum absolute atomic E-state index is 12.5. The Bertz CT molecular complexity index is 1320. The number of para-hydroxylation sites is 1. The van der Waals surface area contributed by atoms with Crippen LogP contribution in [0.5, 0.6) is 0 Å². The monoisotopic (exact) mass is 494 g/mol. The van der Waals surface area contributed by atoms with Crippen LogP contribution in [-0.2, 0) is 27.4 Å². The molecule has 0 aliphatic rings. The van der Waals surface area contributed by atoms with E-state index in [0.717, 1.165) is 5.56 Å². The summed E-state index contributed by atoms with van der Waals surface area (Å²) in [5.41, 5.74) is 1.19. The minimum Gasteiger partial charge on any atom is -0.459 e. The van der Waals surface area contributed by atoms with Gasteiger partial charge in [-0.15, -0.1) is 5.10 Å². The maximum Gasteiger partial charge on any atom is 0.340 e. The number of nitrogens with zero attached hydrogens (tertiary/aromatic N) is 4. The number of hydrogen-bond acceptors (Lipinski definition) is 8. The summed E-state index contributed by atoms with van der Waals surface area (Å²) in [5.74, 6) is -0.544. The minimum absolute atomic E-state index is 0.101. The molecule has 4 aromatic rings. The number of aromatic nitrogens is 4. The average Bonchev–Trinajstić information content (AvgIpc) is 3.54. The van der Waals surface area contributed by atoms with Crippen LogP contribution >= 0.6 is 11.6 Å². The van der Waals surface area contributed by atoms with Gasteiger partial charge in [0.1, 0.15) is 24.4 Å². The number of furan rings is 1. The van der Waals surface area contributed by atoms with Crippen molar-refractivity contribution in [2.75, 3.05) is 11.9 Å². The Balaban J connectivity index is 1.27. The fourth-order valence-electron chi connectivity index (χ4n) is 3.05. The Kier molecular flexibility index (Phi) is 7.48. The molecule has 0 spiro atoms. The quantitative estimate of drug-likeness (QED) is 0.338. The third-order valence-corrected chi connectivity index (χ3v) is 4.95. The molecule has 2 aromatic carbocycles. The molecular formula is C23H19ClN6O5. The molecule has 0 saturated heterocycles. The molecule has 2 N–H and O–H groups in total. The van der Waals surface area contributed by atoms with E-state index in [0.29, 0.717) is 16.5 Å². The molecular weight excluding hydrogens is 476 g/mol. The summed E-state index contributed by atoms with van der Waals surface area (Å²) in [7, 11) is 0. The number of carbonyl (C=O) groups excluding carboxylic acids is 3. The Morgan fingerprint density at radius 2 is 1.80 bits per heavy atom. The van der Waals surface area contributed by atoms with Crippen LogP contribution in [0.1, 0.15) is 16.1 Å². The van der Waals surface area contributed by atoms with Gasteiger partial charge in [0.05, 0.1) is 17.8 Å². The maximum atomic E-state index is 12.5. The molecule has 35 heavy (non-hydrogen) atoms. The van der Waals surface area contributed by atoms with Gasteiger partial charge < -0.3 is 19.8 Å². The van der Waals surface area contributed by atoms with Gasteiger partial charge in [0.25, 0.3) is 5.91 Å². The van der Waals surface area contributed by atoms with Crippen molar-refractivity contribution < 1.29 is 23.5 Å². The van der Waals surface area contributed by atoms with Crippen LogP contribution in [0.25, 0.3) is 11.3 Å². The second kappa shape index (κ2) is 11.1. The predicted octanol–water partition coefficient (Wildman–Crippen LogP) is 2.70. The SMILES string of the molecule is O=C(COC(=O)c1ccccc1NC(=O)Cn1cnnn1)NCc1ccc(-c2ccc(Cl)cc2)o1. The van der Waals surface area contributed by atoms with Gasteiger partial charge in [0.15, 0.2) is 6.61 Å². The Morgan fingerprint density at radius 1 is 1.00 bits per heavy atom. The number of hydrogen-bond donors (Lipinski definition) is 2. The highest BCUT2D eigenvalue weighted by Crippen LogP contribution is 2.23. The second-order valence-electron chi connectivity index (χ2n) is 7.23. The fourth-order valence-corrected chi connectivity index (χ4v) is 3.17. The molecule has 0 atom stereocenters. The molecule has 0 aliphatic carbocycles. The van der Waals surface area contributed by atoms with E-state index in [1.54, 1.807) is 42.5 Å². The van der Waals surface area contributed by atoms with Gasteiger partial charge in [-0.1, -0.05) is 23.7 Å². The normalized spacial score (nSPS) is 10.5. The van der Waals surface area contributed by atoms with Crippen LogP contribution < -0.4 is 10.6 Å². The number of benzene rings is 2. The molecule has 11 nitrogen and oxygen atoms in total. The van der Waals surface area contributed by atoms with Crippen LogP contribution in [0.4, 0.5) is 5.69 Å². The van der Waals surface area contributed by atoms with E-state index >= 15 is 0 Å². The van der Waals surface area contributed by atoms with Crippen molar-refractivity contribution in [3.63, 3.8) is 0 Å². The van der Waals surface area contributed by atoms with Crippen LogP contribution in [0.15, 0.2) is 71.4 Å². The number of halogens is 1. The van der Waals surface area contributed by atoms with Gasteiger partial charge in [0, 0.05) is 10.6 Å². The van der Waals surface area contributed by atoms with E-state index in [9.17, 15) is 14.4 Å². The van der Waals surface area contributed by atoms with E-state index in [4.69, 9.17) is 20.8 Å². The molecule has 178 valence electrons. The van der Waals surface area contributed by atoms with Crippen molar-refractivity contribution >= 4 is 35.1 Å². The smallest absolute Gasteiger partial charge is 0.340 e. The summed E-state index contributed by atoms with van der Waals surface area (Å²) < 4.78 is 12.1. The molecule has 2 heterocycles. The van der Waals surface area contributed by atoms with E-state index in [-0.39, 0.29) is 24.3 Å². The zero-order valence-electron chi connectivity index (χ0n) is 18.2. The largest absolute Gasteiger partial charge is 0.459 e. The molecule has 0 saturated carbocycles. The molecule has 0 fully saturated rings. The number of rotatable bonds is 9. The summed E-state index contributed by atoms with van der Waals surface area (Å²) in [5, 5.41) is 16.4. The molecule has 12 heteroatoms. The minimum atomic E-state index is -0.763. The van der Waals surface area contributed by atoms with E-state index in [1.165, 1.54) is 17.1 Å². The number of tetrazole rings is 1. The molecule has 0 aliphatic heterocycles. The molecule has 4 rings (SSSR count). The lowest BCUT2D eigenvalue weighted by Gasteiger charge is -2.11. The summed E-state index contributed by atoms with van der Waals surface area (Å²) in [6.45, 7) is -0.518.